The first-order valence-corrected chi connectivity index (χ1v) is 12.3. The molecule has 5 rings (SSSR count). The van der Waals surface area contributed by atoms with Crippen LogP contribution in [0.25, 0.3) is 11.1 Å². The van der Waals surface area contributed by atoms with Crippen molar-refractivity contribution >= 4 is 11.8 Å². The van der Waals surface area contributed by atoms with Crippen molar-refractivity contribution in [3.63, 3.8) is 0 Å². The lowest BCUT2D eigenvalue weighted by Crippen LogP contribution is -2.39. The summed E-state index contributed by atoms with van der Waals surface area (Å²) in [6, 6.07) is 21.3. The SMILES string of the molecule is Cn1cc(CN2CC(OCc3ccncc3)CN(C(=O)c3ccc(-c4ccccc4)cc3)CC2=O)cn1. The summed E-state index contributed by atoms with van der Waals surface area (Å²) in [7, 11) is 1.85. The minimum absolute atomic E-state index is 0.00531. The largest absolute Gasteiger partial charge is 0.370 e. The van der Waals surface area contributed by atoms with E-state index in [0.717, 1.165) is 22.3 Å². The zero-order valence-electron chi connectivity index (χ0n) is 20.7. The Morgan fingerprint density at radius 3 is 2.38 bits per heavy atom. The lowest BCUT2D eigenvalue weighted by Gasteiger charge is -2.24. The topological polar surface area (TPSA) is 80.6 Å². The van der Waals surface area contributed by atoms with Crippen LogP contribution in [0.5, 0.6) is 0 Å². The summed E-state index contributed by atoms with van der Waals surface area (Å²) in [5, 5.41) is 4.21. The fraction of sp³-hybridized carbons (Fsp3) is 0.241. The van der Waals surface area contributed by atoms with E-state index in [0.29, 0.717) is 31.8 Å². The van der Waals surface area contributed by atoms with E-state index in [-0.39, 0.29) is 24.5 Å². The van der Waals surface area contributed by atoms with E-state index < -0.39 is 0 Å². The molecule has 4 aromatic rings. The average Bonchev–Trinajstić information content (AvgIpc) is 3.28. The zero-order chi connectivity index (χ0) is 25.6. The van der Waals surface area contributed by atoms with E-state index >= 15 is 0 Å². The Balaban J connectivity index is 1.34. The molecule has 1 fully saturated rings. The van der Waals surface area contributed by atoms with Gasteiger partial charge in [-0.05, 0) is 41.0 Å². The van der Waals surface area contributed by atoms with Crippen LogP contribution in [0.2, 0.25) is 0 Å². The Morgan fingerprint density at radius 2 is 1.68 bits per heavy atom. The van der Waals surface area contributed by atoms with Crippen LogP contribution < -0.4 is 0 Å². The maximum atomic E-state index is 13.5. The van der Waals surface area contributed by atoms with Crippen molar-refractivity contribution in [2.45, 2.75) is 19.3 Å². The van der Waals surface area contributed by atoms with E-state index in [1.807, 2.05) is 80.0 Å². The summed E-state index contributed by atoms with van der Waals surface area (Å²) in [6.45, 7) is 1.48. The number of benzene rings is 2. The van der Waals surface area contributed by atoms with Gasteiger partial charge in [0.15, 0.2) is 0 Å². The molecule has 37 heavy (non-hydrogen) atoms. The number of aryl methyl sites for hydroxylation is 1. The number of carbonyl (C=O) groups excluding carboxylic acids is 2. The Kier molecular flexibility index (Phi) is 7.37. The van der Waals surface area contributed by atoms with Gasteiger partial charge in [-0.1, -0.05) is 42.5 Å². The Morgan fingerprint density at radius 1 is 0.946 bits per heavy atom. The standard InChI is InChI=1S/C29H29N5O3/c1-32-16-23(15-31-32)17-33-18-27(37-21-22-11-13-30-14-12-22)19-34(20-28(33)35)29(36)26-9-7-25(8-10-26)24-5-3-2-4-6-24/h2-16,27H,17-21H2,1H3. The van der Waals surface area contributed by atoms with Gasteiger partial charge in [-0.3, -0.25) is 19.3 Å². The number of nitrogens with zero attached hydrogens (tertiary/aromatic N) is 5. The molecule has 8 nitrogen and oxygen atoms in total. The molecule has 8 heteroatoms. The molecule has 0 spiro atoms. The molecular weight excluding hydrogens is 466 g/mol. The van der Waals surface area contributed by atoms with Crippen LogP contribution in [0.4, 0.5) is 0 Å². The first-order valence-electron chi connectivity index (χ1n) is 12.3. The molecule has 3 heterocycles. The van der Waals surface area contributed by atoms with Gasteiger partial charge in [0.1, 0.15) is 6.54 Å². The predicted molar refractivity (Wildman–Crippen MR) is 139 cm³/mol. The second-order valence-corrected chi connectivity index (χ2v) is 9.21. The van der Waals surface area contributed by atoms with Crippen LogP contribution in [0.15, 0.2) is 91.5 Å². The van der Waals surface area contributed by atoms with Crippen LogP contribution >= 0.6 is 0 Å². The normalized spacial score (nSPS) is 16.0. The van der Waals surface area contributed by atoms with Crippen molar-refractivity contribution < 1.29 is 14.3 Å². The molecule has 0 bridgehead atoms. The molecule has 0 radical (unpaired) electrons. The Hall–Kier alpha value is -4.30. The number of pyridine rings is 1. The van der Waals surface area contributed by atoms with Crippen molar-refractivity contribution in [3.05, 3.63) is 108 Å². The summed E-state index contributed by atoms with van der Waals surface area (Å²) >= 11 is 0. The molecule has 2 amide bonds. The van der Waals surface area contributed by atoms with Gasteiger partial charge >= 0.3 is 0 Å². The van der Waals surface area contributed by atoms with Crippen molar-refractivity contribution in [1.82, 2.24) is 24.6 Å². The third-order valence-electron chi connectivity index (χ3n) is 6.42. The van der Waals surface area contributed by atoms with E-state index in [1.165, 1.54) is 0 Å². The van der Waals surface area contributed by atoms with Gasteiger partial charge in [-0.25, -0.2) is 0 Å². The number of hydrogen-bond acceptors (Lipinski definition) is 5. The number of hydrogen-bond donors (Lipinski definition) is 0. The van der Waals surface area contributed by atoms with Crippen molar-refractivity contribution in [2.75, 3.05) is 19.6 Å². The van der Waals surface area contributed by atoms with Gasteiger partial charge in [0, 0.05) is 56.4 Å². The van der Waals surface area contributed by atoms with Gasteiger partial charge < -0.3 is 14.5 Å². The fourth-order valence-corrected chi connectivity index (χ4v) is 4.48. The van der Waals surface area contributed by atoms with Crippen LogP contribution in [-0.4, -0.2) is 62.1 Å². The minimum atomic E-state index is -0.344. The van der Waals surface area contributed by atoms with Crippen LogP contribution in [0.3, 0.4) is 0 Å². The Bertz CT molecular complexity index is 1340. The highest BCUT2D eigenvalue weighted by molar-refractivity contribution is 5.97. The molecule has 1 atom stereocenters. The molecule has 188 valence electrons. The van der Waals surface area contributed by atoms with Gasteiger partial charge in [0.2, 0.25) is 5.91 Å². The second kappa shape index (κ2) is 11.2. The lowest BCUT2D eigenvalue weighted by atomic mass is 10.0. The molecule has 2 aromatic carbocycles. The fourth-order valence-electron chi connectivity index (χ4n) is 4.48. The quantitative estimate of drug-likeness (QED) is 0.392. The molecule has 2 aromatic heterocycles. The highest BCUT2D eigenvalue weighted by Crippen LogP contribution is 2.21. The lowest BCUT2D eigenvalue weighted by molar-refractivity contribution is -0.132. The first kappa shape index (κ1) is 24.4. The van der Waals surface area contributed by atoms with Crippen molar-refractivity contribution in [2.24, 2.45) is 7.05 Å². The molecule has 1 aliphatic heterocycles. The van der Waals surface area contributed by atoms with E-state index in [9.17, 15) is 9.59 Å². The monoisotopic (exact) mass is 495 g/mol. The average molecular weight is 496 g/mol. The number of aromatic nitrogens is 3. The molecule has 1 unspecified atom stereocenters. The van der Waals surface area contributed by atoms with Gasteiger partial charge in [-0.2, -0.15) is 5.10 Å². The van der Waals surface area contributed by atoms with E-state index in [1.54, 1.807) is 33.1 Å². The maximum Gasteiger partial charge on any atom is 0.254 e. The van der Waals surface area contributed by atoms with Crippen molar-refractivity contribution in [1.29, 1.82) is 0 Å². The summed E-state index contributed by atoms with van der Waals surface area (Å²) in [6.07, 6.45) is 6.74. The third-order valence-corrected chi connectivity index (χ3v) is 6.42. The molecule has 0 aliphatic carbocycles. The van der Waals surface area contributed by atoms with Crippen LogP contribution in [-0.2, 0) is 29.7 Å². The van der Waals surface area contributed by atoms with Gasteiger partial charge in [0.25, 0.3) is 5.91 Å². The summed E-state index contributed by atoms with van der Waals surface area (Å²) < 4.78 is 7.94. The number of rotatable bonds is 7. The molecule has 1 saturated heterocycles. The highest BCUT2D eigenvalue weighted by Gasteiger charge is 2.31. The highest BCUT2D eigenvalue weighted by atomic mass is 16.5. The van der Waals surface area contributed by atoms with E-state index in [2.05, 4.69) is 10.1 Å². The smallest absolute Gasteiger partial charge is 0.254 e. The molecule has 0 saturated carbocycles. The first-order chi connectivity index (χ1) is 18.0. The van der Waals surface area contributed by atoms with E-state index in [4.69, 9.17) is 4.74 Å². The zero-order valence-corrected chi connectivity index (χ0v) is 20.7. The maximum absolute atomic E-state index is 13.5. The predicted octanol–water partition coefficient (Wildman–Crippen LogP) is 3.55. The summed E-state index contributed by atoms with van der Waals surface area (Å²) in [5.41, 5.74) is 4.58. The minimum Gasteiger partial charge on any atom is -0.370 e. The molecular formula is C29H29N5O3. The number of amides is 2. The molecule has 0 N–H and O–H groups in total. The number of ether oxygens (including phenoxy) is 1. The van der Waals surface area contributed by atoms with Gasteiger partial charge in [-0.15, -0.1) is 0 Å². The number of carbonyl (C=O) groups is 2. The molecule has 1 aliphatic rings. The van der Waals surface area contributed by atoms with Crippen molar-refractivity contribution in [3.8, 4) is 11.1 Å². The van der Waals surface area contributed by atoms with Crippen LogP contribution in [0.1, 0.15) is 21.5 Å². The van der Waals surface area contributed by atoms with Crippen LogP contribution in [0, 0.1) is 0 Å². The van der Waals surface area contributed by atoms with Gasteiger partial charge in [0.05, 0.1) is 18.9 Å². The summed E-state index contributed by atoms with van der Waals surface area (Å²) in [4.78, 5) is 34.2. The summed E-state index contributed by atoms with van der Waals surface area (Å²) in [5.74, 6) is -0.304. The Labute approximate surface area is 216 Å². The second-order valence-electron chi connectivity index (χ2n) is 9.21. The third kappa shape index (κ3) is 6.10.